The van der Waals surface area contributed by atoms with Gasteiger partial charge in [0, 0.05) is 44.9 Å². The van der Waals surface area contributed by atoms with E-state index in [1.54, 1.807) is 11.0 Å². The molecule has 2 atom stereocenters. The van der Waals surface area contributed by atoms with Gasteiger partial charge in [0.2, 0.25) is 5.91 Å². The lowest BCUT2D eigenvalue weighted by atomic mass is 10.0. The Morgan fingerprint density at radius 1 is 1.14 bits per heavy atom. The maximum atomic E-state index is 12.9. The number of nitrogens with zero attached hydrogens (tertiary/aromatic N) is 4. The maximum Gasteiger partial charge on any atom is 0.224 e. The number of rotatable bonds is 5. The molecular formula is C21H30N6O2. The predicted molar refractivity (Wildman–Crippen MR) is 109 cm³/mol. The Morgan fingerprint density at radius 2 is 1.93 bits per heavy atom. The quantitative estimate of drug-likeness (QED) is 0.783. The first kappa shape index (κ1) is 20.0. The number of benzene rings is 1. The third-order valence-corrected chi connectivity index (χ3v) is 5.97. The van der Waals surface area contributed by atoms with Gasteiger partial charge in [0.05, 0.1) is 11.6 Å². The van der Waals surface area contributed by atoms with Gasteiger partial charge in [0.1, 0.15) is 12.7 Å². The van der Waals surface area contributed by atoms with Gasteiger partial charge >= 0.3 is 0 Å². The molecule has 2 aromatic rings. The third kappa shape index (κ3) is 5.20. The number of hydrogen-bond donors (Lipinski definition) is 2. The van der Waals surface area contributed by atoms with Crippen LogP contribution >= 0.6 is 0 Å². The minimum Gasteiger partial charge on any atom is -0.381 e. The van der Waals surface area contributed by atoms with Gasteiger partial charge in [0.25, 0.3) is 0 Å². The molecule has 156 valence electrons. The Labute approximate surface area is 171 Å². The molecule has 0 saturated carbocycles. The highest BCUT2D eigenvalue weighted by atomic mass is 16.5. The highest BCUT2D eigenvalue weighted by Crippen LogP contribution is 2.22. The zero-order valence-corrected chi connectivity index (χ0v) is 16.7. The second-order valence-electron chi connectivity index (χ2n) is 8.06. The number of aromatic nitrogens is 3. The number of hydrogen-bond acceptors (Lipinski definition) is 6. The van der Waals surface area contributed by atoms with Crippen molar-refractivity contribution in [3.8, 4) is 5.69 Å². The van der Waals surface area contributed by atoms with Crippen LogP contribution in [-0.2, 0) is 16.1 Å². The van der Waals surface area contributed by atoms with Gasteiger partial charge in [-0.1, -0.05) is 12.1 Å². The van der Waals surface area contributed by atoms with E-state index in [0.717, 1.165) is 63.2 Å². The van der Waals surface area contributed by atoms with E-state index in [1.807, 2.05) is 24.3 Å². The van der Waals surface area contributed by atoms with Crippen LogP contribution in [0.5, 0.6) is 0 Å². The van der Waals surface area contributed by atoms with Gasteiger partial charge in [-0.15, -0.1) is 0 Å². The van der Waals surface area contributed by atoms with E-state index in [4.69, 9.17) is 10.5 Å². The van der Waals surface area contributed by atoms with Gasteiger partial charge in [-0.3, -0.25) is 9.69 Å². The van der Waals surface area contributed by atoms with E-state index in [9.17, 15) is 4.79 Å². The second kappa shape index (κ2) is 9.47. The smallest absolute Gasteiger partial charge is 0.224 e. The molecule has 8 nitrogen and oxygen atoms in total. The molecular weight excluding hydrogens is 368 g/mol. The summed E-state index contributed by atoms with van der Waals surface area (Å²) in [7, 11) is 0. The van der Waals surface area contributed by atoms with Crippen molar-refractivity contribution in [2.24, 2.45) is 11.7 Å². The van der Waals surface area contributed by atoms with E-state index >= 15 is 0 Å². The molecule has 4 rings (SSSR count). The van der Waals surface area contributed by atoms with Crippen LogP contribution in [0.3, 0.4) is 0 Å². The standard InChI is InChI=1S/C21H30N6O2/c22-18-4-3-17(12-26(13-18)19-7-9-29-10-8-19)21(28)24-11-16-1-5-20(6-2-16)27-15-23-14-25-27/h1-2,5-6,14-15,17-19H,3-4,7-13,22H2,(H,24,28)/t17-,18+/m1/s1. The Hall–Kier alpha value is -2.29. The fourth-order valence-corrected chi connectivity index (χ4v) is 4.26. The molecule has 0 spiro atoms. The predicted octanol–water partition coefficient (Wildman–Crippen LogP) is 1.10. The van der Waals surface area contributed by atoms with Crippen molar-refractivity contribution in [3.05, 3.63) is 42.5 Å². The molecule has 0 unspecified atom stereocenters. The molecule has 1 amide bonds. The summed E-state index contributed by atoms with van der Waals surface area (Å²) < 4.78 is 7.21. The molecule has 0 bridgehead atoms. The van der Waals surface area contributed by atoms with Crippen molar-refractivity contribution in [1.29, 1.82) is 0 Å². The number of nitrogens with two attached hydrogens (primary N) is 1. The minimum absolute atomic E-state index is 0.0131. The van der Waals surface area contributed by atoms with Crippen molar-refractivity contribution >= 4 is 5.91 Å². The van der Waals surface area contributed by atoms with Crippen molar-refractivity contribution in [3.63, 3.8) is 0 Å². The van der Waals surface area contributed by atoms with Crippen molar-refractivity contribution in [2.45, 2.75) is 44.3 Å². The fraction of sp³-hybridized carbons (Fsp3) is 0.571. The molecule has 29 heavy (non-hydrogen) atoms. The average Bonchev–Trinajstić information content (AvgIpc) is 3.22. The van der Waals surface area contributed by atoms with Crippen molar-refractivity contribution in [2.75, 3.05) is 26.3 Å². The highest BCUT2D eigenvalue weighted by Gasteiger charge is 2.31. The number of amides is 1. The first-order valence-corrected chi connectivity index (χ1v) is 10.5. The van der Waals surface area contributed by atoms with Crippen LogP contribution in [0, 0.1) is 5.92 Å². The molecule has 0 radical (unpaired) electrons. The Bertz CT molecular complexity index is 773. The van der Waals surface area contributed by atoms with Crippen LogP contribution in [-0.4, -0.2) is 64.0 Å². The van der Waals surface area contributed by atoms with Crippen LogP contribution in [0.1, 0.15) is 31.2 Å². The van der Waals surface area contributed by atoms with E-state index < -0.39 is 0 Å². The van der Waals surface area contributed by atoms with E-state index in [-0.39, 0.29) is 17.9 Å². The largest absolute Gasteiger partial charge is 0.381 e. The Balaban J connectivity index is 1.33. The van der Waals surface area contributed by atoms with Crippen molar-refractivity contribution in [1.82, 2.24) is 25.0 Å². The summed E-state index contributed by atoms with van der Waals surface area (Å²) >= 11 is 0. The number of ether oxygens (including phenoxy) is 1. The topological polar surface area (TPSA) is 98.3 Å². The molecule has 2 saturated heterocycles. The molecule has 1 aromatic carbocycles. The van der Waals surface area contributed by atoms with E-state index in [0.29, 0.717) is 12.6 Å². The number of carbonyl (C=O) groups excluding carboxylic acids is 1. The van der Waals surface area contributed by atoms with E-state index in [2.05, 4.69) is 20.3 Å². The van der Waals surface area contributed by atoms with Gasteiger partial charge in [-0.25, -0.2) is 9.67 Å². The minimum atomic E-state index is -0.0131. The summed E-state index contributed by atoms with van der Waals surface area (Å²) in [6, 6.07) is 8.59. The van der Waals surface area contributed by atoms with Gasteiger partial charge < -0.3 is 15.8 Å². The number of nitrogens with one attached hydrogen (secondary N) is 1. The zero-order chi connectivity index (χ0) is 20.1. The maximum absolute atomic E-state index is 12.9. The lowest BCUT2D eigenvalue weighted by Gasteiger charge is -2.35. The normalized spacial score (nSPS) is 24.2. The first-order chi connectivity index (χ1) is 14.2. The first-order valence-electron chi connectivity index (χ1n) is 10.5. The van der Waals surface area contributed by atoms with Gasteiger partial charge in [0.15, 0.2) is 0 Å². The summed E-state index contributed by atoms with van der Waals surface area (Å²) in [5.41, 5.74) is 8.31. The Morgan fingerprint density at radius 3 is 2.66 bits per heavy atom. The molecule has 3 heterocycles. The fourth-order valence-electron chi connectivity index (χ4n) is 4.26. The number of carbonyl (C=O) groups is 1. The molecule has 2 aliphatic heterocycles. The monoisotopic (exact) mass is 398 g/mol. The second-order valence-corrected chi connectivity index (χ2v) is 8.06. The number of likely N-dealkylation sites (tertiary alicyclic amines) is 1. The summed E-state index contributed by atoms with van der Waals surface area (Å²) in [5.74, 6) is 0.109. The molecule has 2 aliphatic rings. The van der Waals surface area contributed by atoms with E-state index in [1.165, 1.54) is 6.33 Å². The third-order valence-electron chi connectivity index (χ3n) is 5.97. The SMILES string of the molecule is N[C@H]1CC[C@@H](C(=O)NCc2ccc(-n3cncn3)cc2)CN(C2CCOCC2)C1. The van der Waals surface area contributed by atoms with Gasteiger partial charge in [-0.2, -0.15) is 5.10 Å². The van der Waals surface area contributed by atoms with Gasteiger partial charge in [-0.05, 0) is 43.4 Å². The van der Waals surface area contributed by atoms with Crippen LogP contribution in [0.25, 0.3) is 5.69 Å². The lowest BCUT2D eigenvalue weighted by molar-refractivity contribution is -0.126. The molecule has 0 aliphatic carbocycles. The zero-order valence-electron chi connectivity index (χ0n) is 16.7. The average molecular weight is 399 g/mol. The summed E-state index contributed by atoms with van der Waals surface area (Å²) in [4.78, 5) is 19.3. The van der Waals surface area contributed by atoms with Crippen LogP contribution in [0.15, 0.2) is 36.9 Å². The molecule has 8 heteroatoms. The molecule has 2 fully saturated rings. The van der Waals surface area contributed by atoms with Crippen LogP contribution in [0.4, 0.5) is 0 Å². The summed E-state index contributed by atoms with van der Waals surface area (Å²) in [6.07, 6.45) is 6.97. The molecule has 3 N–H and O–H groups in total. The summed E-state index contributed by atoms with van der Waals surface area (Å²) in [6.45, 7) is 3.79. The summed E-state index contributed by atoms with van der Waals surface area (Å²) in [5, 5.41) is 7.25. The Kier molecular flexibility index (Phi) is 6.53. The highest BCUT2D eigenvalue weighted by molar-refractivity contribution is 5.78. The van der Waals surface area contributed by atoms with Crippen molar-refractivity contribution < 1.29 is 9.53 Å². The molecule has 1 aromatic heterocycles. The lowest BCUT2D eigenvalue weighted by Crippen LogP contribution is -2.47. The van der Waals surface area contributed by atoms with Crippen LogP contribution < -0.4 is 11.1 Å². The van der Waals surface area contributed by atoms with Crippen LogP contribution in [0.2, 0.25) is 0 Å².